The summed E-state index contributed by atoms with van der Waals surface area (Å²) in [6, 6.07) is 6.07. The highest BCUT2D eigenvalue weighted by atomic mass is 35.5. The van der Waals surface area contributed by atoms with Gasteiger partial charge in [0.15, 0.2) is 0 Å². The molecule has 94 valence electrons. The van der Waals surface area contributed by atoms with E-state index in [2.05, 4.69) is 18.3 Å². The molecule has 2 nitrogen and oxygen atoms in total. The van der Waals surface area contributed by atoms with Crippen molar-refractivity contribution >= 4 is 11.6 Å². The second kappa shape index (κ2) is 6.39. The van der Waals surface area contributed by atoms with Crippen LogP contribution in [0.1, 0.15) is 24.0 Å². The third-order valence-electron chi connectivity index (χ3n) is 3.37. The Balaban J connectivity index is 1.70. The number of hydrogen-bond donors (Lipinski definition) is 1. The molecule has 1 fully saturated rings. The molecule has 0 aliphatic carbocycles. The van der Waals surface area contributed by atoms with Gasteiger partial charge in [-0.3, -0.25) is 0 Å². The molecule has 2 rings (SSSR count). The summed E-state index contributed by atoms with van der Waals surface area (Å²) in [6.07, 6.45) is 2.44. The van der Waals surface area contributed by atoms with E-state index in [1.165, 1.54) is 24.0 Å². The van der Waals surface area contributed by atoms with Gasteiger partial charge in [0, 0.05) is 24.8 Å². The number of nitrogens with one attached hydrogen (secondary N) is 1. The first-order chi connectivity index (χ1) is 8.25. The molecule has 0 saturated carbocycles. The molecular weight excluding hydrogens is 234 g/mol. The minimum atomic E-state index is 0.758. The van der Waals surface area contributed by atoms with E-state index < -0.39 is 0 Å². The molecule has 1 heterocycles. The molecule has 1 saturated heterocycles. The Morgan fingerprint density at radius 2 is 2.35 bits per heavy atom. The molecule has 0 amide bonds. The third-order valence-corrected chi connectivity index (χ3v) is 3.61. The molecule has 0 radical (unpaired) electrons. The van der Waals surface area contributed by atoms with Crippen LogP contribution < -0.4 is 5.32 Å². The number of aryl methyl sites for hydroxylation is 1. The maximum absolute atomic E-state index is 5.93. The van der Waals surface area contributed by atoms with Gasteiger partial charge in [-0.2, -0.15) is 0 Å². The lowest BCUT2D eigenvalue weighted by Crippen LogP contribution is -2.18. The summed E-state index contributed by atoms with van der Waals surface area (Å²) in [5.74, 6) is 0.758. The number of ether oxygens (including phenoxy) is 1. The summed E-state index contributed by atoms with van der Waals surface area (Å²) < 4.78 is 5.36. The van der Waals surface area contributed by atoms with Crippen LogP contribution in [0.2, 0.25) is 5.02 Å². The van der Waals surface area contributed by atoms with Crippen LogP contribution in [0.15, 0.2) is 18.2 Å². The quantitative estimate of drug-likeness (QED) is 0.814. The molecule has 1 aliphatic rings. The average molecular weight is 254 g/mol. The maximum Gasteiger partial charge on any atom is 0.0495 e. The Morgan fingerprint density at radius 3 is 3.06 bits per heavy atom. The van der Waals surface area contributed by atoms with Crippen LogP contribution in [0.4, 0.5) is 0 Å². The second-order valence-electron chi connectivity index (χ2n) is 4.77. The fraction of sp³-hybridized carbons (Fsp3) is 0.571. The number of rotatable bonds is 5. The van der Waals surface area contributed by atoms with Gasteiger partial charge >= 0.3 is 0 Å². The topological polar surface area (TPSA) is 21.3 Å². The standard InChI is InChI=1S/C14H20ClNO/c1-11-8-14(15)3-2-13(11)9-16-6-4-12-5-7-17-10-12/h2-3,8,12,16H,4-7,9-10H2,1H3. The van der Waals surface area contributed by atoms with E-state index in [-0.39, 0.29) is 0 Å². The molecule has 17 heavy (non-hydrogen) atoms. The van der Waals surface area contributed by atoms with Crippen molar-refractivity contribution < 1.29 is 4.74 Å². The molecule has 0 bridgehead atoms. The summed E-state index contributed by atoms with van der Waals surface area (Å²) in [6.45, 7) is 5.99. The Labute approximate surface area is 108 Å². The van der Waals surface area contributed by atoms with Crippen molar-refractivity contribution in [3.63, 3.8) is 0 Å². The molecule has 0 spiro atoms. The molecule has 3 heteroatoms. The normalized spacial score (nSPS) is 19.8. The maximum atomic E-state index is 5.93. The van der Waals surface area contributed by atoms with E-state index in [9.17, 15) is 0 Å². The fourth-order valence-corrected chi connectivity index (χ4v) is 2.42. The SMILES string of the molecule is Cc1cc(Cl)ccc1CNCCC1CCOC1. The van der Waals surface area contributed by atoms with Crippen LogP contribution in [-0.2, 0) is 11.3 Å². The Morgan fingerprint density at radius 1 is 1.47 bits per heavy atom. The van der Waals surface area contributed by atoms with Gasteiger partial charge in [-0.25, -0.2) is 0 Å². The molecule has 1 aliphatic heterocycles. The van der Waals surface area contributed by atoms with Crippen molar-refractivity contribution in [1.29, 1.82) is 0 Å². The van der Waals surface area contributed by atoms with Crippen molar-refractivity contribution in [2.24, 2.45) is 5.92 Å². The monoisotopic (exact) mass is 253 g/mol. The van der Waals surface area contributed by atoms with Crippen molar-refractivity contribution in [3.8, 4) is 0 Å². The summed E-state index contributed by atoms with van der Waals surface area (Å²) in [4.78, 5) is 0. The highest BCUT2D eigenvalue weighted by Crippen LogP contribution is 2.16. The minimum Gasteiger partial charge on any atom is -0.381 e. The Hall–Kier alpha value is -0.570. The van der Waals surface area contributed by atoms with Crippen molar-refractivity contribution in [3.05, 3.63) is 34.3 Å². The predicted octanol–water partition coefficient (Wildman–Crippen LogP) is 3.16. The number of hydrogen-bond acceptors (Lipinski definition) is 2. The zero-order valence-corrected chi connectivity index (χ0v) is 11.1. The third kappa shape index (κ3) is 3.98. The Kier molecular flexibility index (Phi) is 4.84. The van der Waals surface area contributed by atoms with E-state index >= 15 is 0 Å². The van der Waals surface area contributed by atoms with Crippen molar-refractivity contribution in [2.75, 3.05) is 19.8 Å². The predicted molar refractivity (Wildman–Crippen MR) is 71.4 cm³/mol. The van der Waals surface area contributed by atoms with E-state index in [0.717, 1.165) is 37.2 Å². The molecule has 0 aromatic heterocycles. The first-order valence-corrected chi connectivity index (χ1v) is 6.67. The van der Waals surface area contributed by atoms with Crippen molar-refractivity contribution in [1.82, 2.24) is 5.32 Å². The van der Waals surface area contributed by atoms with Gasteiger partial charge in [-0.15, -0.1) is 0 Å². The first kappa shape index (κ1) is 12.9. The van der Waals surface area contributed by atoms with Crippen LogP contribution in [-0.4, -0.2) is 19.8 Å². The van der Waals surface area contributed by atoms with E-state index in [0.29, 0.717) is 0 Å². The fourth-order valence-electron chi connectivity index (χ4n) is 2.20. The van der Waals surface area contributed by atoms with Gasteiger partial charge in [0.2, 0.25) is 0 Å². The van der Waals surface area contributed by atoms with Gasteiger partial charge < -0.3 is 10.1 Å². The van der Waals surface area contributed by atoms with E-state index in [1.54, 1.807) is 0 Å². The lowest BCUT2D eigenvalue weighted by atomic mass is 10.1. The summed E-state index contributed by atoms with van der Waals surface area (Å²) in [5, 5.41) is 4.30. The summed E-state index contributed by atoms with van der Waals surface area (Å²) in [5.41, 5.74) is 2.59. The minimum absolute atomic E-state index is 0.758. The Bertz CT molecular complexity index is 361. The first-order valence-electron chi connectivity index (χ1n) is 6.29. The van der Waals surface area contributed by atoms with Crippen LogP contribution in [0.3, 0.4) is 0 Å². The molecule has 1 atom stereocenters. The lowest BCUT2D eigenvalue weighted by molar-refractivity contribution is 0.184. The highest BCUT2D eigenvalue weighted by molar-refractivity contribution is 6.30. The smallest absolute Gasteiger partial charge is 0.0495 e. The molecule has 1 unspecified atom stereocenters. The number of halogens is 1. The van der Waals surface area contributed by atoms with Crippen LogP contribution in [0.5, 0.6) is 0 Å². The number of benzene rings is 1. The van der Waals surface area contributed by atoms with Crippen LogP contribution >= 0.6 is 11.6 Å². The van der Waals surface area contributed by atoms with Crippen LogP contribution in [0, 0.1) is 12.8 Å². The molecular formula is C14H20ClNO. The van der Waals surface area contributed by atoms with Gasteiger partial charge in [0.25, 0.3) is 0 Å². The van der Waals surface area contributed by atoms with Gasteiger partial charge in [-0.05, 0) is 55.5 Å². The largest absolute Gasteiger partial charge is 0.381 e. The van der Waals surface area contributed by atoms with E-state index in [4.69, 9.17) is 16.3 Å². The zero-order valence-electron chi connectivity index (χ0n) is 10.3. The van der Waals surface area contributed by atoms with Gasteiger partial charge in [0.1, 0.15) is 0 Å². The van der Waals surface area contributed by atoms with E-state index in [1.807, 2.05) is 12.1 Å². The molecule has 1 aromatic carbocycles. The lowest BCUT2D eigenvalue weighted by Gasteiger charge is -2.10. The summed E-state index contributed by atoms with van der Waals surface area (Å²) >= 11 is 5.93. The molecule has 1 N–H and O–H groups in total. The van der Waals surface area contributed by atoms with Crippen LogP contribution in [0.25, 0.3) is 0 Å². The zero-order chi connectivity index (χ0) is 12.1. The van der Waals surface area contributed by atoms with Crippen molar-refractivity contribution in [2.45, 2.75) is 26.3 Å². The second-order valence-corrected chi connectivity index (χ2v) is 5.20. The molecule has 1 aromatic rings. The summed E-state index contributed by atoms with van der Waals surface area (Å²) in [7, 11) is 0. The highest BCUT2D eigenvalue weighted by Gasteiger charge is 2.14. The van der Waals surface area contributed by atoms with Gasteiger partial charge in [0.05, 0.1) is 0 Å². The van der Waals surface area contributed by atoms with Gasteiger partial charge in [-0.1, -0.05) is 17.7 Å². The average Bonchev–Trinajstić information content (AvgIpc) is 2.79.